The first-order chi connectivity index (χ1) is 17.0. The Morgan fingerprint density at radius 2 is 1.83 bits per heavy atom. The molecule has 1 fully saturated rings. The van der Waals surface area contributed by atoms with E-state index in [-0.39, 0.29) is 17.9 Å². The molecule has 5 nitrogen and oxygen atoms in total. The molecule has 0 bridgehead atoms. The van der Waals surface area contributed by atoms with E-state index in [0.717, 1.165) is 29.7 Å². The van der Waals surface area contributed by atoms with Crippen LogP contribution in [0, 0.1) is 12.8 Å². The van der Waals surface area contributed by atoms with Gasteiger partial charge in [-0.15, -0.1) is 0 Å². The number of aryl methyl sites for hydroxylation is 1. The van der Waals surface area contributed by atoms with Gasteiger partial charge in [0.15, 0.2) is 6.10 Å². The highest BCUT2D eigenvalue weighted by Gasteiger charge is 2.33. The highest BCUT2D eigenvalue weighted by atomic mass is 16.5. The average molecular weight is 469 g/mol. The Balaban J connectivity index is 1.46. The summed E-state index contributed by atoms with van der Waals surface area (Å²) in [6, 6.07) is 23.6. The zero-order valence-electron chi connectivity index (χ0n) is 20.4. The molecule has 1 aliphatic carbocycles. The molecule has 180 valence electrons. The molecule has 1 N–H and O–H groups in total. The van der Waals surface area contributed by atoms with Crippen molar-refractivity contribution in [3.05, 3.63) is 101 Å². The second kappa shape index (κ2) is 9.95. The molecular weight excluding hydrogens is 436 g/mol. The van der Waals surface area contributed by atoms with Gasteiger partial charge in [-0.2, -0.15) is 0 Å². The summed E-state index contributed by atoms with van der Waals surface area (Å²) < 4.78 is 6.07. The van der Waals surface area contributed by atoms with Crippen LogP contribution >= 0.6 is 0 Å². The van der Waals surface area contributed by atoms with Gasteiger partial charge in [-0.3, -0.25) is 9.59 Å². The van der Waals surface area contributed by atoms with Crippen LogP contribution < -0.4 is 10.1 Å². The molecule has 3 aromatic rings. The summed E-state index contributed by atoms with van der Waals surface area (Å²) in [5, 5.41) is 2.99. The van der Waals surface area contributed by atoms with Crippen LogP contribution in [0.25, 0.3) is 0 Å². The number of nitrogens with one attached hydrogen (secondary N) is 1. The third-order valence-corrected chi connectivity index (χ3v) is 6.93. The highest BCUT2D eigenvalue weighted by molar-refractivity contribution is 5.95. The molecule has 0 radical (unpaired) electrons. The lowest BCUT2D eigenvalue weighted by atomic mass is 9.87. The van der Waals surface area contributed by atoms with Crippen LogP contribution in [0.5, 0.6) is 5.75 Å². The first-order valence-corrected chi connectivity index (χ1v) is 12.5. The van der Waals surface area contributed by atoms with Crippen molar-refractivity contribution >= 4 is 11.8 Å². The fourth-order valence-electron chi connectivity index (χ4n) is 4.80. The molecular formula is C30H32N2O3. The number of rotatable bonds is 7. The van der Waals surface area contributed by atoms with E-state index in [2.05, 4.69) is 36.5 Å². The maximum absolute atomic E-state index is 13.6. The van der Waals surface area contributed by atoms with Crippen LogP contribution in [0.4, 0.5) is 0 Å². The quantitative estimate of drug-likeness (QED) is 0.526. The van der Waals surface area contributed by atoms with Gasteiger partial charge in [0.05, 0.1) is 6.04 Å². The lowest BCUT2D eigenvalue weighted by molar-refractivity contribution is -0.127. The topological polar surface area (TPSA) is 58.6 Å². The molecule has 5 heteroatoms. The van der Waals surface area contributed by atoms with Crippen LogP contribution in [0.15, 0.2) is 72.8 Å². The van der Waals surface area contributed by atoms with Crippen LogP contribution in [-0.2, 0) is 11.2 Å². The standard InChI is InChI=1S/C30H32N2O3/c1-20-7-6-10-25(17-20)28-27-18-26(35-21(2)29(33)31-19-22-11-12-22)14-13-23(27)15-16-32(28)30(34)24-8-4-3-5-9-24/h3-10,13-14,17-18,21-22,28H,11-12,15-16,19H2,1-2H3,(H,31,33)/t21-,28-/m0/s1. The summed E-state index contributed by atoms with van der Waals surface area (Å²) in [5.74, 6) is 1.19. The molecule has 2 aliphatic rings. The molecule has 0 unspecified atom stereocenters. The molecule has 5 rings (SSSR count). The molecule has 1 aliphatic heterocycles. The monoisotopic (exact) mass is 468 g/mol. The number of benzene rings is 3. The summed E-state index contributed by atoms with van der Waals surface area (Å²) in [4.78, 5) is 28.1. The minimum atomic E-state index is -0.588. The predicted octanol–water partition coefficient (Wildman–Crippen LogP) is 5.08. The zero-order valence-corrected chi connectivity index (χ0v) is 20.4. The van der Waals surface area contributed by atoms with E-state index < -0.39 is 6.10 Å². The van der Waals surface area contributed by atoms with Gasteiger partial charge < -0.3 is 15.0 Å². The van der Waals surface area contributed by atoms with Crippen molar-refractivity contribution in [2.45, 2.75) is 45.3 Å². The molecule has 1 saturated carbocycles. The minimum Gasteiger partial charge on any atom is -0.481 e. The minimum absolute atomic E-state index is 0.0156. The van der Waals surface area contributed by atoms with Crippen LogP contribution in [0.2, 0.25) is 0 Å². The van der Waals surface area contributed by atoms with E-state index in [1.165, 1.54) is 18.4 Å². The van der Waals surface area contributed by atoms with Gasteiger partial charge in [0.1, 0.15) is 5.75 Å². The van der Waals surface area contributed by atoms with Gasteiger partial charge in [-0.25, -0.2) is 0 Å². The lowest BCUT2D eigenvalue weighted by Crippen LogP contribution is -2.40. The molecule has 1 heterocycles. The summed E-state index contributed by atoms with van der Waals surface area (Å²) in [6.45, 7) is 5.21. The Morgan fingerprint density at radius 1 is 1.03 bits per heavy atom. The van der Waals surface area contributed by atoms with Crippen molar-refractivity contribution in [2.75, 3.05) is 13.1 Å². The van der Waals surface area contributed by atoms with E-state index in [1.807, 2.05) is 53.4 Å². The SMILES string of the molecule is Cc1cccc([C@H]2c3cc(O[C@@H](C)C(=O)NCC4CC4)ccc3CCN2C(=O)c2ccccc2)c1. The van der Waals surface area contributed by atoms with E-state index in [9.17, 15) is 9.59 Å². The Kier molecular flexibility index (Phi) is 6.58. The van der Waals surface area contributed by atoms with Crippen molar-refractivity contribution in [3.8, 4) is 5.75 Å². The fourth-order valence-corrected chi connectivity index (χ4v) is 4.80. The summed E-state index contributed by atoms with van der Waals surface area (Å²) in [7, 11) is 0. The zero-order chi connectivity index (χ0) is 24.4. The number of carbonyl (C=O) groups excluding carboxylic acids is 2. The Labute approximate surface area is 207 Å². The number of hydrogen-bond acceptors (Lipinski definition) is 3. The van der Waals surface area contributed by atoms with Crippen molar-refractivity contribution in [1.82, 2.24) is 10.2 Å². The molecule has 35 heavy (non-hydrogen) atoms. The molecule has 2 atom stereocenters. The highest BCUT2D eigenvalue weighted by Crippen LogP contribution is 2.38. The summed E-state index contributed by atoms with van der Waals surface area (Å²) in [5.41, 5.74) is 5.15. The van der Waals surface area contributed by atoms with Gasteiger partial charge in [0, 0.05) is 18.7 Å². The Hall–Kier alpha value is -3.60. The third kappa shape index (κ3) is 5.24. The molecule has 0 aromatic heterocycles. The summed E-state index contributed by atoms with van der Waals surface area (Å²) in [6.07, 6.45) is 2.57. The molecule has 3 aromatic carbocycles. The van der Waals surface area contributed by atoms with Gasteiger partial charge in [0.25, 0.3) is 11.8 Å². The normalized spacial score (nSPS) is 17.9. The molecule has 2 amide bonds. The third-order valence-electron chi connectivity index (χ3n) is 6.93. The van der Waals surface area contributed by atoms with Crippen molar-refractivity contribution in [2.24, 2.45) is 5.92 Å². The molecule has 0 spiro atoms. The number of ether oxygens (including phenoxy) is 1. The Bertz CT molecular complexity index is 1220. The second-order valence-electron chi connectivity index (χ2n) is 9.74. The van der Waals surface area contributed by atoms with E-state index in [0.29, 0.717) is 23.8 Å². The predicted molar refractivity (Wildman–Crippen MR) is 136 cm³/mol. The van der Waals surface area contributed by atoms with E-state index in [4.69, 9.17) is 4.74 Å². The fraction of sp³-hybridized carbons (Fsp3) is 0.333. The van der Waals surface area contributed by atoms with E-state index >= 15 is 0 Å². The van der Waals surface area contributed by atoms with Crippen LogP contribution in [-0.4, -0.2) is 35.9 Å². The van der Waals surface area contributed by atoms with Gasteiger partial charge in [-0.05, 0) is 80.0 Å². The largest absolute Gasteiger partial charge is 0.481 e. The van der Waals surface area contributed by atoms with Gasteiger partial charge in [0.2, 0.25) is 0 Å². The van der Waals surface area contributed by atoms with E-state index in [1.54, 1.807) is 6.92 Å². The number of nitrogens with zero attached hydrogens (tertiary/aromatic N) is 1. The summed E-state index contributed by atoms with van der Waals surface area (Å²) >= 11 is 0. The van der Waals surface area contributed by atoms with Crippen LogP contribution in [0.1, 0.15) is 58.4 Å². The first kappa shape index (κ1) is 23.2. The Morgan fingerprint density at radius 3 is 2.57 bits per heavy atom. The van der Waals surface area contributed by atoms with Crippen LogP contribution in [0.3, 0.4) is 0 Å². The van der Waals surface area contributed by atoms with Crippen molar-refractivity contribution in [3.63, 3.8) is 0 Å². The van der Waals surface area contributed by atoms with Crippen molar-refractivity contribution in [1.29, 1.82) is 0 Å². The number of hydrogen-bond donors (Lipinski definition) is 1. The lowest BCUT2D eigenvalue weighted by Gasteiger charge is -2.38. The first-order valence-electron chi connectivity index (χ1n) is 12.5. The molecule has 0 saturated heterocycles. The average Bonchev–Trinajstić information content (AvgIpc) is 3.71. The number of fused-ring (bicyclic) bond motifs is 1. The maximum atomic E-state index is 13.6. The van der Waals surface area contributed by atoms with Gasteiger partial charge >= 0.3 is 0 Å². The smallest absolute Gasteiger partial charge is 0.260 e. The maximum Gasteiger partial charge on any atom is 0.260 e. The number of carbonyl (C=O) groups is 2. The number of amides is 2. The second-order valence-corrected chi connectivity index (χ2v) is 9.74. The van der Waals surface area contributed by atoms with Crippen molar-refractivity contribution < 1.29 is 14.3 Å². The van der Waals surface area contributed by atoms with Gasteiger partial charge in [-0.1, -0.05) is 54.1 Å².